The van der Waals surface area contributed by atoms with Crippen molar-refractivity contribution in [3.8, 4) is 9.75 Å². The molecule has 6 unspecified atom stereocenters. The second kappa shape index (κ2) is 68.3. The van der Waals surface area contributed by atoms with Crippen LogP contribution in [0.25, 0.3) is 72.2 Å². The van der Waals surface area contributed by atoms with Gasteiger partial charge in [-0.2, -0.15) is 0 Å². The van der Waals surface area contributed by atoms with Gasteiger partial charge in [0.1, 0.15) is 22.1 Å². The standard InChI is InChI=1S/C50H76N2S3.C26H36S2.C22H34Br2N2S.6CH3.H12P10.2Sn/c1-7-11-15-19-23-27-31-39-40(32-28-24-20-16-12-8-2)42-36-45(55-49(42)48-41(39)35-37(5)53-48)50-47-46(38(6)54-50)51-43(33-29-25-21-17-13-9-3)44(52-47)34-30-26-22-18-14-10-4;1-3-5-7-9-11-13-15-21-22(16-14-12-10-8-6-4-2)24-18-20-28-26(24)25-23(21)17-19-27-25;1-3-5-7-9-11-13-15-17-18(16-14-12-10-8-6-4-2)26-20-19(25-17)21(23)27-22(20)24;;;;;;;1-7(2)10(8(3)4)9(5)6;;/h35-36H,7-34H2,1-6H3;17-18H,3-16H2,1-2H3;3-16H2,1-2H3;6*1H3;1-6H2;;/q;;;;;;;;+1;;;. The smallest absolute Gasteiger partial charge is 0.115 e. The van der Waals surface area contributed by atoms with Crippen LogP contribution in [0.15, 0.2) is 31.8 Å². The van der Waals surface area contributed by atoms with Gasteiger partial charge in [-0.1, -0.05) is 234 Å². The zero-order valence-corrected chi connectivity index (χ0v) is 107. The van der Waals surface area contributed by atoms with Crippen LogP contribution in [-0.2, 0) is 51.4 Å². The van der Waals surface area contributed by atoms with Gasteiger partial charge in [-0.25, -0.2) is 19.9 Å². The van der Waals surface area contributed by atoms with E-state index in [0.29, 0.717) is 0 Å². The first-order valence-corrected chi connectivity index (χ1v) is 91.6. The number of nitrogens with zero attached hydrogens (tertiary/aromatic N) is 4. The zero-order chi connectivity index (χ0) is 92.1. The average molecular weight is 2380 g/mol. The third-order valence-corrected chi connectivity index (χ3v) is 99.4. The number of rotatable bonds is 62. The Balaban J connectivity index is 0.000000296. The molecule has 0 N–H and O–H groups in total. The molecule has 8 aromatic heterocycles. The molecule has 0 aliphatic heterocycles. The summed E-state index contributed by atoms with van der Waals surface area (Å²) in [5.41, 5.74) is 16.3. The van der Waals surface area contributed by atoms with E-state index in [1.807, 2.05) is 34.0 Å². The van der Waals surface area contributed by atoms with Gasteiger partial charge in [0, 0.05) is 22.1 Å². The summed E-state index contributed by atoms with van der Waals surface area (Å²) in [7, 11) is 17.7. The maximum Gasteiger partial charge on any atom is 0.115 e. The summed E-state index contributed by atoms with van der Waals surface area (Å²) in [6.07, 6.45) is 74.0. The van der Waals surface area contributed by atoms with E-state index in [2.05, 4.69) is 226 Å². The summed E-state index contributed by atoms with van der Waals surface area (Å²) in [4.78, 5) is 39.7. The van der Waals surface area contributed by atoms with Gasteiger partial charge < -0.3 is 0 Å². The molecule has 8 heterocycles. The van der Waals surface area contributed by atoms with E-state index in [-0.39, 0.29) is 35.4 Å². The fourth-order valence-electron chi connectivity index (χ4n) is 17.8. The summed E-state index contributed by atoms with van der Waals surface area (Å²) in [5.74, 6) is 0. The zero-order valence-electron chi connectivity index (χ0n) is 83.2. The SMILES string of the molecule is CCCCCCCCc1c(CCCCCCCC)c2c[c]([Sn]([CH3])([CH3])[CH3])sc2c2s[c]([Sn]([CH3])[CH3])cc12.CCCCCCCCc1nc2c(Br)sc(Br)c2nc1CCCCCCCC.CCCCCCCCc1nc2c(C)sc(-c3cc4c(CCCCCCCC)c(CCCCCCCC)c5cc(C)sc5c4s3)c2nc1CCCCCCCC.PP(P)P(P(P)P)P(P)P.[CH3+]. The predicted octanol–water partition coefficient (Wildman–Crippen LogP) is 43.3. The van der Waals surface area contributed by atoms with E-state index >= 15 is 0 Å². The minimum Gasteiger partial charge on any atom is -0.248 e. The third-order valence-electron chi connectivity index (χ3n) is 25.2. The van der Waals surface area contributed by atoms with Crippen molar-refractivity contribution in [1.82, 2.24) is 19.9 Å². The number of hydrogen-bond donors (Lipinski definition) is 0. The van der Waals surface area contributed by atoms with E-state index in [9.17, 15) is 0 Å². The van der Waals surface area contributed by atoms with Gasteiger partial charge in [-0.15, -0.1) is 98.9 Å². The van der Waals surface area contributed by atoms with Crippen molar-refractivity contribution < 1.29 is 0 Å². The normalized spacial score (nSPS) is 12.0. The maximum absolute atomic E-state index is 5.62. The number of unbranched alkanes of at least 4 members (excludes halogenated alkanes) is 40. The quantitative estimate of drug-likeness (QED) is 0.0165. The maximum atomic E-state index is 5.62. The minimum absolute atomic E-state index is 0. The van der Waals surface area contributed by atoms with Crippen LogP contribution in [0, 0.1) is 21.3 Å². The Kier molecular flexibility index (Phi) is 64.0. The molecule has 0 saturated heterocycles. The second-order valence-electron chi connectivity index (χ2n) is 37.6. The molecule has 6 atom stereocenters. The molecule has 1 radical (unpaired) electrons. The van der Waals surface area contributed by atoms with E-state index in [1.54, 1.807) is 70.3 Å². The molecule has 10 aromatic rings. The number of aromatic nitrogens is 4. The van der Waals surface area contributed by atoms with Crippen LogP contribution in [0.3, 0.4) is 0 Å². The van der Waals surface area contributed by atoms with Crippen molar-refractivity contribution >= 4 is 288 Å². The first kappa shape index (κ1) is 120. The topological polar surface area (TPSA) is 51.6 Å². The molecular formula is C104H176Br2N4P10S6Sn2+. The van der Waals surface area contributed by atoms with Crippen molar-refractivity contribution in [3.63, 3.8) is 0 Å². The summed E-state index contributed by atoms with van der Waals surface area (Å²) < 4.78 is 12.1. The minimum atomic E-state index is -2.11. The van der Waals surface area contributed by atoms with Crippen LogP contribution in [-0.4, -0.2) is 58.1 Å². The van der Waals surface area contributed by atoms with Crippen molar-refractivity contribution in [2.45, 2.75) is 454 Å². The molecule has 719 valence electrons. The molecule has 0 fully saturated rings. The predicted molar refractivity (Wildman–Crippen MR) is 642 cm³/mol. The van der Waals surface area contributed by atoms with Gasteiger partial charge in [0.15, 0.2) is 0 Å². The van der Waals surface area contributed by atoms with Gasteiger partial charge >= 0.3 is 238 Å². The second-order valence-corrected chi connectivity index (χ2v) is 107. The summed E-state index contributed by atoms with van der Waals surface area (Å²) in [6.45, 7) is 23.7. The molecule has 24 heteroatoms. The van der Waals surface area contributed by atoms with Crippen molar-refractivity contribution in [2.75, 3.05) is 0 Å². The first-order valence-electron chi connectivity index (χ1n) is 50.8. The van der Waals surface area contributed by atoms with Gasteiger partial charge in [0.25, 0.3) is 0 Å². The molecule has 2 aromatic carbocycles. The first-order chi connectivity index (χ1) is 61.4. The van der Waals surface area contributed by atoms with E-state index in [4.69, 9.17) is 19.9 Å². The fraction of sp³-hybridized carbons (Fsp3) is 0.683. The van der Waals surface area contributed by atoms with Crippen LogP contribution >= 0.6 is 181 Å². The molecule has 0 aliphatic carbocycles. The number of thiophene rings is 6. The van der Waals surface area contributed by atoms with Crippen molar-refractivity contribution in [1.29, 1.82) is 0 Å². The number of halogens is 2. The monoisotopic (exact) mass is 2380 g/mol. The van der Waals surface area contributed by atoms with E-state index < -0.39 is 38.1 Å². The molecule has 0 aliphatic rings. The molecule has 0 amide bonds. The van der Waals surface area contributed by atoms with Crippen molar-refractivity contribution in [2.24, 2.45) is 0 Å². The van der Waals surface area contributed by atoms with E-state index in [0.717, 1.165) is 44.3 Å². The van der Waals surface area contributed by atoms with Crippen LogP contribution in [0.2, 0.25) is 24.7 Å². The van der Waals surface area contributed by atoms with Gasteiger partial charge in [0.05, 0.1) is 44.6 Å². The molecule has 0 saturated carbocycles. The third kappa shape index (κ3) is 40.4. The Morgan fingerprint density at radius 3 is 0.906 bits per heavy atom. The Hall–Kier alpha value is 3.09. The summed E-state index contributed by atoms with van der Waals surface area (Å²) in [6, 6.07) is 10.5. The average Bonchev–Trinajstić information content (AvgIpc) is 1.57. The van der Waals surface area contributed by atoms with Gasteiger partial charge in [-0.3, -0.25) is 0 Å². The molecule has 0 bridgehead atoms. The molecule has 128 heavy (non-hydrogen) atoms. The summed E-state index contributed by atoms with van der Waals surface area (Å²) >= 11 is 15.9. The largest absolute Gasteiger partial charge is 0.248 e. The number of hydrogen-bond acceptors (Lipinski definition) is 10. The van der Waals surface area contributed by atoms with Gasteiger partial charge in [0.2, 0.25) is 0 Å². The van der Waals surface area contributed by atoms with E-state index in [1.165, 1.54) is 397 Å². The number of fused-ring (bicyclic) bond motifs is 8. The number of benzene rings is 2. The Morgan fingerprint density at radius 2 is 0.586 bits per heavy atom. The molecule has 4 nitrogen and oxygen atoms in total. The number of aryl methyl sites for hydroxylation is 10. The van der Waals surface area contributed by atoms with Crippen molar-refractivity contribution in [3.05, 3.63) is 94.0 Å². The molecule has 0 spiro atoms. The molecular weight excluding hydrogens is 2200 g/mol. The van der Waals surface area contributed by atoms with Crippen LogP contribution in [0.4, 0.5) is 0 Å². The van der Waals surface area contributed by atoms with Crippen LogP contribution in [0.5, 0.6) is 0 Å². The molecule has 10 rings (SSSR count). The van der Waals surface area contributed by atoms with Crippen LogP contribution in [0.1, 0.15) is 418 Å². The fourth-order valence-corrected chi connectivity index (χ4v) is 122. The summed E-state index contributed by atoms with van der Waals surface area (Å²) in [5, 5.41) is 6.45. The van der Waals surface area contributed by atoms with Crippen LogP contribution < -0.4 is 5.79 Å². The Bertz CT molecular complexity index is 4640. The Morgan fingerprint density at radius 1 is 0.312 bits per heavy atom. The van der Waals surface area contributed by atoms with Gasteiger partial charge in [-0.05, 0) is 185 Å². The Labute approximate surface area is 855 Å².